The first-order valence-corrected chi connectivity index (χ1v) is 7.73. The highest BCUT2D eigenvalue weighted by molar-refractivity contribution is 9.10. The second-order valence-electron chi connectivity index (χ2n) is 5.38. The van der Waals surface area contributed by atoms with E-state index in [2.05, 4.69) is 21.2 Å². The fourth-order valence-corrected chi connectivity index (χ4v) is 3.16. The van der Waals surface area contributed by atoms with Crippen molar-refractivity contribution in [3.8, 4) is 0 Å². The molecule has 0 radical (unpaired) electrons. The molecule has 0 spiro atoms. The normalized spacial score (nSPS) is 16.1. The first kappa shape index (κ1) is 14.3. The molecule has 2 aromatic rings. The molecule has 0 bridgehead atoms. The van der Waals surface area contributed by atoms with Crippen LogP contribution in [0.4, 0.5) is 4.39 Å². The van der Waals surface area contributed by atoms with E-state index in [4.69, 9.17) is 0 Å². The van der Waals surface area contributed by atoms with Gasteiger partial charge < -0.3 is 5.32 Å². The van der Waals surface area contributed by atoms with E-state index in [1.165, 1.54) is 12.1 Å². The van der Waals surface area contributed by atoms with Crippen molar-refractivity contribution in [2.45, 2.75) is 24.8 Å². The van der Waals surface area contributed by atoms with Gasteiger partial charge in [-0.2, -0.15) is 0 Å². The van der Waals surface area contributed by atoms with Crippen LogP contribution in [0.5, 0.6) is 0 Å². The highest BCUT2D eigenvalue weighted by atomic mass is 79.9. The lowest BCUT2D eigenvalue weighted by molar-refractivity contribution is 0.0822. The van der Waals surface area contributed by atoms with Crippen molar-refractivity contribution in [2.24, 2.45) is 0 Å². The van der Waals surface area contributed by atoms with E-state index in [9.17, 15) is 9.18 Å². The van der Waals surface area contributed by atoms with E-state index in [0.29, 0.717) is 10.0 Å². The summed E-state index contributed by atoms with van der Waals surface area (Å²) in [6.07, 6.45) is 2.91. The van der Waals surface area contributed by atoms with Crippen LogP contribution in [0.3, 0.4) is 0 Å². The number of rotatable bonds is 3. The summed E-state index contributed by atoms with van der Waals surface area (Å²) in [6, 6.07) is 14.1. The maximum atomic E-state index is 13.4. The number of carbonyl (C=O) groups is 1. The lowest BCUT2D eigenvalue weighted by Gasteiger charge is -2.43. The molecular weight excluding hydrogens is 333 g/mol. The molecule has 108 valence electrons. The Morgan fingerprint density at radius 3 is 2.48 bits per heavy atom. The van der Waals surface area contributed by atoms with Crippen LogP contribution in [0.2, 0.25) is 0 Å². The van der Waals surface area contributed by atoms with Gasteiger partial charge in [0, 0.05) is 4.47 Å². The number of nitrogens with one attached hydrogen (secondary N) is 1. The van der Waals surface area contributed by atoms with Gasteiger partial charge >= 0.3 is 0 Å². The van der Waals surface area contributed by atoms with E-state index in [1.807, 2.05) is 30.3 Å². The Balaban J connectivity index is 1.88. The highest BCUT2D eigenvalue weighted by Gasteiger charge is 2.40. The monoisotopic (exact) mass is 347 g/mol. The minimum atomic E-state index is -0.411. The average molecular weight is 348 g/mol. The predicted octanol–water partition coefficient (Wildman–Crippen LogP) is 4.40. The van der Waals surface area contributed by atoms with E-state index >= 15 is 0 Å². The van der Waals surface area contributed by atoms with Gasteiger partial charge in [0.2, 0.25) is 0 Å². The van der Waals surface area contributed by atoms with Gasteiger partial charge in [0.15, 0.2) is 0 Å². The van der Waals surface area contributed by atoms with Crippen molar-refractivity contribution in [3.63, 3.8) is 0 Å². The van der Waals surface area contributed by atoms with Crippen molar-refractivity contribution in [1.29, 1.82) is 0 Å². The molecule has 0 unspecified atom stereocenters. The molecule has 1 saturated carbocycles. The quantitative estimate of drug-likeness (QED) is 0.875. The summed E-state index contributed by atoms with van der Waals surface area (Å²) in [5, 5.41) is 3.09. The minimum absolute atomic E-state index is 0.245. The van der Waals surface area contributed by atoms with Crippen molar-refractivity contribution in [3.05, 3.63) is 69.9 Å². The molecular formula is C17H15BrFNO. The van der Waals surface area contributed by atoms with Crippen LogP contribution in [-0.2, 0) is 5.54 Å². The lowest BCUT2D eigenvalue weighted by atomic mass is 9.71. The SMILES string of the molecule is O=C(NC1(c2ccccc2)CCC1)c1cc(F)ccc1Br. The fourth-order valence-electron chi connectivity index (χ4n) is 2.73. The molecule has 0 heterocycles. The third-order valence-electron chi connectivity index (χ3n) is 4.06. The van der Waals surface area contributed by atoms with Crippen molar-refractivity contribution in [2.75, 3.05) is 0 Å². The molecule has 2 aromatic carbocycles. The van der Waals surface area contributed by atoms with Crippen LogP contribution < -0.4 is 5.32 Å². The smallest absolute Gasteiger partial charge is 0.253 e. The number of hydrogen-bond acceptors (Lipinski definition) is 1. The maximum Gasteiger partial charge on any atom is 0.253 e. The van der Waals surface area contributed by atoms with Crippen LogP contribution in [0, 0.1) is 5.82 Å². The van der Waals surface area contributed by atoms with Gasteiger partial charge in [0.1, 0.15) is 5.82 Å². The van der Waals surface area contributed by atoms with E-state index < -0.39 is 5.82 Å². The summed E-state index contributed by atoms with van der Waals surface area (Å²) < 4.78 is 14.0. The second kappa shape index (κ2) is 5.60. The Kier molecular flexibility index (Phi) is 3.81. The zero-order valence-corrected chi connectivity index (χ0v) is 13.0. The Labute approximate surface area is 131 Å². The standard InChI is InChI=1S/C17H15BrFNO/c18-15-8-7-13(19)11-14(15)16(21)20-17(9-4-10-17)12-5-2-1-3-6-12/h1-3,5-8,11H,4,9-10H2,(H,20,21). The predicted molar refractivity (Wildman–Crippen MR) is 83.5 cm³/mol. The summed E-state index contributed by atoms with van der Waals surface area (Å²) in [4.78, 5) is 12.5. The molecule has 1 fully saturated rings. The van der Waals surface area contributed by atoms with Gasteiger partial charge in [0.25, 0.3) is 5.91 Å². The van der Waals surface area contributed by atoms with Crippen molar-refractivity contribution >= 4 is 21.8 Å². The number of amides is 1. The highest BCUT2D eigenvalue weighted by Crippen LogP contribution is 2.41. The van der Waals surface area contributed by atoms with Gasteiger partial charge in [-0.3, -0.25) is 4.79 Å². The molecule has 1 aliphatic rings. The number of halogens is 2. The van der Waals surface area contributed by atoms with E-state index in [-0.39, 0.29) is 11.4 Å². The van der Waals surface area contributed by atoms with Crippen LogP contribution in [-0.4, -0.2) is 5.91 Å². The first-order chi connectivity index (χ1) is 10.1. The molecule has 4 heteroatoms. The molecule has 1 aliphatic carbocycles. The third-order valence-corrected chi connectivity index (χ3v) is 4.75. The van der Waals surface area contributed by atoms with Crippen molar-refractivity contribution in [1.82, 2.24) is 5.32 Å². The van der Waals surface area contributed by atoms with Crippen LogP contribution in [0.15, 0.2) is 53.0 Å². The molecule has 2 nitrogen and oxygen atoms in total. The van der Waals surface area contributed by atoms with Crippen LogP contribution >= 0.6 is 15.9 Å². The summed E-state index contributed by atoms with van der Waals surface area (Å²) in [5.74, 6) is -0.657. The summed E-state index contributed by atoms with van der Waals surface area (Å²) in [7, 11) is 0. The number of hydrogen-bond donors (Lipinski definition) is 1. The Hall–Kier alpha value is -1.68. The minimum Gasteiger partial charge on any atom is -0.342 e. The van der Waals surface area contributed by atoms with E-state index in [0.717, 1.165) is 24.8 Å². The van der Waals surface area contributed by atoms with Crippen LogP contribution in [0.1, 0.15) is 35.2 Å². The molecule has 0 saturated heterocycles. The number of carbonyl (C=O) groups excluding carboxylic acids is 1. The lowest BCUT2D eigenvalue weighted by Crippen LogP contribution is -2.50. The maximum absolute atomic E-state index is 13.4. The summed E-state index contributed by atoms with van der Waals surface area (Å²) in [5.41, 5.74) is 1.12. The Bertz CT molecular complexity index is 668. The molecule has 0 aromatic heterocycles. The molecule has 0 atom stereocenters. The van der Waals surface area contributed by atoms with Crippen LogP contribution in [0.25, 0.3) is 0 Å². The summed E-state index contributed by atoms with van der Waals surface area (Å²) >= 11 is 3.31. The van der Waals surface area contributed by atoms with E-state index in [1.54, 1.807) is 6.07 Å². The third kappa shape index (κ3) is 2.72. The zero-order chi connectivity index (χ0) is 14.9. The van der Waals surface area contributed by atoms with Gasteiger partial charge in [-0.15, -0.1) is 0 Å². The molecule has 21 heavy (non-hydrogen) atoms. The average Bonchev–Trinajstić information content (AvgIpc) is 2.46. The van der Waals surface area contributed by atoms with Gasteiger partial charge in [-0.05, 0) is 59.0 Å². The van der Waals surface area contributed by atoms with Crippen molar-refractivity contribution < 1.29 is 9.18 Å². The largest absolute Gasteiger partial charge is 0.342 e. The second-order valence-corrected chi connectivity index (χ2v) is 6.23. The molecule has 1 N–H and O–H groups in total. The molecule has 1 amide bonds. The zero-order valence-electron chi connectivity index (χ0n) is 11.4. The van der Waals surface area contributed by atoms with Gasteiger partial charge in [0.05, 0.1) is 11.1 Å². The van der Waals surface area contributed by atoms with Gasteiger partial charge in [-0.1, -0.05) is 30.3 Å². The van der Waals surface area contributed by atoms with Gasteiger partial charge in [-0.25, -0.2) is 4.39 Å². The molecule has 0 aliphatic heterocycles. The Morgan fingerprint density at radius 2 is 1.86 bits per heavy atom. The molecule has 3 rings (SSSR count). The number of benzene rings is 2. The summed E-state index contributed by atoms with van der Waals surface area (Å²) in [6.45, 7) is 0. The fraction of sp³-hybridized carbons (Fsp3) is 0.235. The topological polar surface area (TPSA) is 29.1 Å². The Morgan fingerprint density at radius 1 is 1.14 bits per heavy atom. The first-order valence-electron chi connectivity index (χ1n) is 6.94.